The average Bonchev–Trinajstić information content (AvgIpc) is 3.19. The molecule has 27 heavy (non-hydrogen) atoms. The van der Waals surface area contributed by atoms with E-state index in [4.69, 9.17) is 9.47 Å². The number of aromatic nitrogens is 2. The van der Waals surface area contributed by atoms with Gasteiger partial charge in [0, 0.05) is 37.1 Å². The number of nitrogens with one attached hydrogen (secondary N) is 1. The molecule has 2 aromatic carbocycles. The molecule has 0 unspecified atom stereocenters. The van der Waals surface area contributed by atoms with E-state index >= 15 is 0 Å². The molecule has 140 valence electrons. The maximum atomic E-state index is 12.3. The number of nitrogens with zero attached hydrogens (tertiary/aromatic N) is 2. The molecule has 1 amide bonds. The van der Waals surface area contributed by atoms with Gasteiger partial charge in [0.15, 0.2) is 0 Å². The second-order valence-corrected chi connectivity index (χ2v) is 6.20. The van der Waals surface area contributed by atoms with Crippen molar-refractivity contribution in [3.05, 3.63) is 72.3 Å². The quantitative estimate of drug-likeness (QED) is 0.663. The summed E-state index contributed by atoms with van der Waals surface area (Å²) in [6.45, 7) is 0.716. The zero-order valence-corrected chi connectivity index (χ0v) is 15.5. The first-order valence-electron chi connectivity index (χ1n) is 8.73. The first-order chi connectivity index (χ1) is 13.2. The van der Waals surface area contributed by atoms with Crippen molar-refractivity contribution in [2.24, 2.45) is 0 Å². The van der Waals surface area contributed by atoms with Crippen LogP contribution in [0.15, 0.2) is 61.2 Å². The summed E-state index contributed by atoms with van der Waals surface area (Å²) in [4.78, 5) is 16.4. The van der Waals surface area contributed by atoms with Crippen LogP contribution in [-0.2, 0) is 17.8 Å². The highest BCUT2D eigenvalue weighted by Gasteiger charge is 2.07. The van der Waals surface area contributed by atoms with Gasteiger partial charge in [0.05, 0.1) is 20.5 Å². The lowest BCUT2D eigenvalue weighted by Gasteiger charge is -2.10. The number of imidazole rings is 1. The molecule has 0 bridgehead atoms. The van der Waals surface area contributed by atoms with Gasteiger partial charge < -0.3 is 19.4 Å². The molecule has 0 aliphatic rings. The van der Waals surface area contributed by atoms with Crippen molar-refractivity contribution in [3.63, 3.8) is 0 Å². The number of carbonyl (C=O) groups is 1. The molecule has 1 aromatic heterocycles. The number of rotatable bonds is 8. The maximum Gasteiger partial charge on any atom is 0.224 e. The fourth-order valence-corrected chi connectivity index (χ4v) is 2.83. The van der Waals surface area contributed by atoms with Crippen molar-refractivity contribution in [1.29, 1.82) is 0 Å². The van der Waals surface area contributed by atoms with Crippen molar-refractivity contribution < 1.29 is 14.3 Å². The molecule has 0 saturated carbocycles. The number of benzene rings is 2. The van der Waals surface area contributed by atoms with E-state index in [1.165, 1.54) is 0 Å². The number of amides is 1. The van der Waals surface area contributed by atoms with E-state index in [2.05, 4.69) is 10.3 Å². The van der Waals surface area contributed by atoms with Crippen LogP contribution >= 0.6 is 0 Å². The van der Waals surface area contributed by atoms with Gasteiger partial charge >= 0.3 is 0 Å². The van der Waals surface area contributed by atoms with E-state index in [1.54, 1.807) is 26.7 Å². The van der Waals surface area contributed by atoms with E-state index in [1.807, 2.05) is 53.2 Å². The first-order valence-corrected chi connectivity index (χ1v) is 8.73. The second kappa shape index (κ2) is 8.89. The Balaban J connectivity index is 1.58. The molecule has 0 fully saturated rings. The van der Waals surface area contributed by atoms with Crippen LogP contribution in [0.1, 0.15) is 17.5 Å². The molecule has 0 atom stereocenters. The van der Waals surface area contributed by atoms with Gasteiger partial charge in [-0.3, -0.25) is 4.79 Å². The van der Waals surface area contributed by atoms with Gasteiger partial charge in [-0.05, 0) is 41.8 Å². The van der Waals surface area contributed by atoms with Gasteiger partial charge in [-0.25, -0.2) is 4.98 Å². The lowest BCUT2D eigenvalue weighted by molar-refractivity contribution is -0.116. The smallest absolute Gasteiger partial charge is 0.224 e. The van der Waals surface area contributed by atoms with Crippen molar-refractivity contribution in [3.8, 4) is 11.5 Å². The van der Waals surface area contributed by atoms with Gasteiger partial charge in [0.25, 0.3) is 0 Å². The van der Waals surface area contributed by atoms with Crippen molar-refractivity contribution in [2.45, 2.75) is 19.4 Å². The standard InChI is InChI=1S/C21H23N3O3/c1-26-19-11-16(12-20(13-19)27-2)6-7-21(25)23-18-5-3-4-17(10-18)14-24-9-8-22-15-24/h3-5,8-13,15H,6-7,14H2,1-2H3,(H,23,25). The van der Waals surface area contributed by atoms with E-state index in [9.17, 15) is 4.79 Å². The van der Waals surface area contributed by atoms with E-state index in [-0.39, 0.29) is 5.91 Å². The molecule has 0 spiro atoms. The van der Waals surface area contributed by atoms with Gasteiger partial charge in [0.1, 0.15) is 11.5 Å². The summed E-state index contributed by atoms with van der Waals surface area (Å²) in [6, 6.07) is 13.5. The summed E-state index contributed by atoms with van der Waals surface area (Å²) in [7, 11) is 3.23. The fraction of sp³-hybridized carbons (Fsp3) is 0.238. The molecule has 0 aliphatic carbocycles. The highest BCUT2D eigenvalue weighted by atomic mass is 16.5. The number of hydrogen-bond acceptors (Lipinski definition) is 4. The summed E-state index contributed by atoms with van der Waals surface area (Å²) in [6.07, 6.45) is 6.41. The Morgan fingerprint density at radius 2 is 1.85 bits per heavy atom. The molecule has 6 nitrogen and oxygen atoms in total. The highest BCUT2D eigenvalue weighted by Crippen LogP contribution is 2.23. The monoisotopic (exact) mass is 365 g/mol. The Kier molecular flexibility index (Phi) is 6.10. The molecular formula is C21H23N3O3. The van der Waals surface area contributed by atoms with Crippen molar-refractivity contribution in [2.75, 3.05) is 19.5 Å². The van der Waals surface area contributed by atoms with E-state index in [0.29, 0.717) is 19.4 Å². The van der Waals surface area contributed by atoms with Crippen molar-refractivity contribution in [1.82, 2.24) is 9.55 Å². The Morgan fingerprint density at radius 3 is 2.52 bits per heavy atom. The highest BCUT2D eigenvalue weighted by molar-refractivity contribution is 5.90. The third-order valence-corrected chi connectivity index (χ3v) is 4.19. The number of aryl methyl sites for hydroxylation is 1. The second-order valence-electron chi connectivity index (χ2n) is 6.20. The molecule has 1 N–H and O–H groups in total. The van der Waals surface area contributed by atoms with Crippen molar-refractivity contribution >= 4 is 11.6 Å². The molecule has 6 heteroatoms. The summed E-state index contributed by atoms with van der Waals surface area (Å²) < 4.78 is 12.5. The lowest BCUT2D eigenvalue weighted by atomic mass is 10.1. The maximum absolute atomic E-state index is 12.3. The molecule has 3 rings (SSSR count). The fourth-order valence-electron chi connectivity index (χ4n) is 2.83. The largest absolute Gasteiger partial charge is 0.497 e. The van der Waals surface area contributed by atoms with Crippen LogP contribution in [0.2, 0.25) is 0 Å². The minimum absolute atomic E-state index is 0.0310. The van der Waals surface area contributed by atoms with E-state index < -0.39 is 0 Å². The van der Waals surface area contributed by atoms with Crippen LogP contribution in [0.4, 0.5) is 5.69 Å². The number of carbonyl (C=O) groups excluding carboxylic acids is 1. The predicted octanol–water partition coefficient (Wildman–Crippen LogP) is 3.52. The Hall–Kier alpha value is -3.28. The van der Waals surface area contributed by atoms with Gasteiger partial charge in [-0.2, -0.15) is 0 Å². The number of ether oxygens (including phenoxy) is 2. The zero-order valence-electron chi connectivity index (χ0n) is 15.5. The molecule has 1 heterocycles. The van der Waals surface area contributed by atoms with Crippen LogP contribution in [0.3, 0.4) is 0 Å². The summed E-state index contributed by atoms with van der Waals surface area (Å²) >= 11 is 0. The summed E-state index contributed by atoms with van der Waals surface area (Å²) in [5.74, 6) is 1.41. The van der Waals surface area contributed by atoms with Crippen LogP contribution in [0.25, 0.3) is 0 Å². The third-order valence-electron chi connectivity index (χ3n) is 4.19. The normalized spacial score (nSPS) is 10.4. The zero-order chi connectivity index (χ0) is 19.1. The lowest BCUT2D eigenvalue weighted by Crippen LogP contribution is -2.12. The number of methoxy groups -OCH3 is 2. The van der Waals surface area contributed by atoms with Gasteiger partial charge in [-0.1, -0.05) is 12.1 Å². The van der Waals surface area contributed by atoms with E-state index in [0.717, 1.165) is 28.3 Å². The SMILES string of the molecule is COc1cc(CCC(=O)Nc2cccc(Cn3ccnc3)c2)cc(OC)c1. The molecular weight excluding hydrogens is 342 g/mol. The number of anilines is 1. The Morgan fingerprint density at radius 1 is 1.07 bits per heavy atom. The van der Waals surface area contributed by atoms with Crippen LogP contribution in [0, 0.1) is 0 Å². The summed E-state index contributed by atoms with van der Waals surface area (Å²) in [5, 5.41) is 2.96. The molecule has 3 aromatic rings. The first kappa shape index (κ1) is 18.5. The number of hydrogen-bond donors (Lipinski definition) is 1. The van der Waals surface area contributed by atoms with Crippen LogP contribution in [0.5, 0.6) is 11.5 Å². The van der Waals surface area contributed by atoms with Gasteiger partial charge in [0.2, 0.25) is 5.91 Å². The molecule has 0 radical (unpaired) electrons. The minimum Gasteiger partial charge on any atom is -0.497 e. The Labute approximate surface area is 158 Å². The van der Waals surface area contributed by atoms with Gasteiger partial charge in [-0.15, -0.1) is 0 Å². The average molecular weight is 365 g/mol. The minimum atomic E-state index is -0.0310. The topological polar surface area (TPSA) is 65.4 Å². The third kappa shape index (κ3) is 5.34. The molecule has 0 saturated heterocycles. The summed E-state index contributed by atoms with van der Waals surface area (Å²) in [5.41, 5.74) is 2.89. The molecule has 0 aliphatic heterocycles. The van der Waals surface area contributed by atoms with Crippen LogP contribution in [-0.4, -0.2) is 29.7 Å². The Bertz CT molecular complexity index is 869. The van der Waals surface area contributed by atoms with Crippen LogP contribution < -0.4 is 14.8 Å². The predicted molar refractivity (Wildman–Crippen MR) is 104 cm³/mol.